The lowest BCUT2D eigenvalue weighted by Gasteiger charge is -2.42. The monoisotopic (exact) mass is 437 g/mol. The Morgan fingerprint density at radius 3 is 2.94 bits per heavy atom. The highest BCUT2D eigenvalue weighted by atomic mass is 16.3. The first kappa shape index (κ1) is 25.4. The minimum atomic E-state index is -0.169. The van der Waals surface area contributed by atoms with Crippen molar-refractivity contribution in [1.29, 1.82) is 5.26 Å². The summed E-state index contributed by atoms with van der Waals surface area (Å²) in [6.45, 7) is 15.0. The average molecular weight is 438 g/mol. The number of nitriles is 1. The van der Waals surface area contributed by atoms with Gasteiger partial charge in [-0.3, -0.25) is 4.99 Å². The van der Waals surface area contributed by atoms with Gasteiger partial charge in [0.05, 0.1) is 24.5 Å². The van der Waals surface area contributed by atoms with Gasteiger partial charge in [-0.1, -0.05) is 34.1 Å². The topological polar surface area (TPSA) is 88.9 Å². The molecule has 32 heavy (non-hydrogen) atoms. The lowest BCUT2D eigenvalue weighted by Crippen LogP contribution is -2.41. The fraction of sp³-hybridized carbons (Fsp3) is 0.577. The summed E-state index contributed by atoms with van der Waals surface area (Å²) >= 11 is 0. The molecule has 0 radical (unpaired) electrons. The zero-order valence-corrected chi connectivity index (χ0v) is 20.1. The second-order valence-corrected chi connectivity index (χ2v) is 10.4. The SMILES string of the molecule is C=C(O)N(/C=C(\N)C(C)(C)C)CC1CCCC(C)(CN2C=NCC=C=C/C(C#N)=C\C2)C1. The van der Waals surface area contributed by atoms with Crippen LogP contribution in [0.25, 0.3) is 0 Å². The van der Waals surface area contributed by atoms with Crippen LogP contribution >= 0.6 is 0 Å². The molecule has 1 saturated carbocycles. The van der Waals surface area contributed by atoms with Gasteiger partial charge in [-0.05, 0) is 55.4 Å². The number of rotatable bonds is 6. The molecule has 1 fully saturated rings. The molecule has 1 aliphatic carbocycles. The minimum absolute atomic E-state index is 0.0305. The number of nitrogens with zero attached hydrogens (tertiary/aromatic N) is 4. The van der Waals surface area contributed by atoms with E-state index in [2.05, 4.69) is 56.0 Å². The Labute approximate surface area is 193 Å². The third-order valence-corrected chi connectivity index (χ3v) is 6.18. The van der Waals surface area contributed by atoms with Crippen LogP contribution in [0.2, 0.25) is 0 Å². The Hall–Kier alpha value is -2.90. The molecule has 0 aromatic heterocycles. The standard InChI is InChI=1S/C26H39N5O/c1-21(32)31(18-24(28)25(2,3)4)17-23-10-8-12-26(5,15-23)19-30-14-11-22(16-27)9-6-7-13-29-20-30/h7,9,11,18,20,23,32H,1,8,10,12-15,17,19,28H2,2-5H3/b22-11+,24-18-,29-20?. The Bertz CT molecular complexity index is 864. The van der Waals surface area contributed by atoms with Gasteiger partial charge in [0.25, 0.3) is 0 Å². The first-order valence-electron chi connectivity index (χ1n) is 11.4. The molecule has 3 N–H and O–H groups in total. The average Bonchev–Trinajstić information content (AvgIpc) is 2.71. The third-order valence-electron chi connectivity index (χ3n) is 6.18. The van der Waals surface area contributed by atoms with Crippen LogP contribution in [0, 0.1) is 28.1 Å². The normalized spacial score (nSPS) is 26.2. The van der Waals surface area contributed by atoms with Gasteiger partial charge in [-0.2, -0.15) is 5.26 Å². The molecule has 6 heteroatoms. The van der Waals surface area contributed by atoms with Crippen molar-refractivity contribution in [2.75, 3.05) is 26.2 Å². The van der Waals surface area contributed by atoms with Crippen molar-refractivity contribution in [3.05, 3.63) is 53.9 Å². The highest BCUT2D eigenvalue weighted by Crippen LogP contribution is 2.40. The maximum absolute atomic E-state index is 10.2. The number of aliphatic hydroxyl groups is 1. The Morgan fingerprint density at radius 1 is 1.53 bits per heavy atom. The highest BCUT2D eigenvalue weighted by molar-refractivity contribution is 5.56. The lowest BCUT2D eigenvalue weighted by atomic mass is 9.70. The molecule has 0 bridgehead atoms. The van der Waals surface area contributed by atoms with E-state index in [9.17, 15) is 10.4 Å². The molecule has 0 spiro atoms. The van der Waals surface area contributed by atoms with E-state index < -0.39 is 0 Å². The van der Waals surface area contributed by atoms with Gasteiger partial charge in [0.15, 0.2) is 5.88 Å². The van der Waals surface area contributed by atoms with Gasteiger partial charge in [-0.15, -0.1) is 5.73 Å². The van der Waals surface area contributed by atoms with E-state index in [-0.39, 0.29) is 16.7 Å². The van der Waals surface area contributed by atoms with E-state index in [4.69, 9.17) is 5.73 Å². The molecule has 6 nitrogen and oxygen atoms in total. The Kier molecular flexibility index (Phi) is 8.80. The lowest BCUT2D eigenvalue weighted by molar-refractivity contribution is 0.107. The van der Waals surface area contributed by atoms with E-state index in [0.29, 0.717) is 31.1 Å². The second-order valence-electron chi connectivity index (χ2n) is 10.4. The van der Waals surface area contributed by atoms with Crippen molar-refractivity contribution in [1.82, 2.24) is 9.80 Å². The number of aliphatic imine (C=N–C) groups is 1. The van der Waals surface area contributed by atoms with Crippen LogP contribution in [0.3, 0.4) is 0 Å². The third kappa shape index (κ3) is 7.98. The van der Waals surface area contributed by atoms with Crippen molar-refractivity contribution in [3.8, 4) is 6.07 Å². The van der Waals surface area contributed by atoms with Crippen LogP contribution in [0.1, 0.15) is 53.4 Å². The van der Waals surface area contributed by atoms with Crippen molar-refractivity contribution in [2.24, 2.45) is 27.5 Å². The van der Waals surface area contributed by atoms with Crippen molar-refractivity contribution >= 4 is 6.34 Å². The molecule has 0 amide bonds. The summed E-state index contributed by atoms with van der Waals surface area (Å²) < 4.78 is 0. The maximum Gasteiger partial charge on any atom is 0.183 e. The van der Waals surface area contributed by atoms with Crippen LogP contribution in [-0.4, -0.2) is 47.4 Å². The Morgan fingerprint density at radius 2 is 2.28 bits per heavy atom. The van der Waals surface area contributed by atoms with Crippen LogP contribution in [0.5, 0.6) is 0 Å². The summed E-state index contributed by atoms with van der Waals surface area (Å²) in [5.74, 6) is 0.457. The largest absolute Gasteiger partial charge is 0.495 e. The fourth-order valence-corrected chi connectivity index (χ4v) is 4.30. The summed E-state index contributed by atoms with van der Waals surface area (Å²) in [4.78, 5) is 8.48. The number of allylic oxidation sites excluding steroid dienone is 2. The van der Waals surface area contributed by atoms with Crippen LogP contribution in [0.15, 0.2) is 58.9 Å². The first-order chi connectivity index (χ1) is 15.0. The van der Waals surface area contributed by atoms with Crippen LogP contribution in [0.4, 0.5) is 0 Å². The molecule has 0 saturated heterocycles. The summed E-state index contributed by atoms with van der Waals surface area (Å²) in [6, 6.07) is 2.22. The molecule has 0 aromatic carbocycles. The molecule has 0 aromatic rings. The smallest absolute Gasteiger partial charge is 0.183 e. The van der Waals surface area contributed by atoms with Gasteiger partial charge < -0.3 is 20.6 Å². The van der Waals surface area contributed by atoms with Crippen molar-refractivity contribution in [3.63, 3.8) is 0 Å². The summed E-state index contributed by atoms with van der Waals surface area (Å²) in [7, 11) is 0. The summed E-state index contributed by atoms with van der Waals surface area (Å²) in [6.07, 6.45) is 13.6. The molecule has 1 aliphatic heterocycles. The van der Waals surface area contributed by atoms with Crippen molar-refractivity contribution < 1.29 is 5.11 Å². The first-order valence-corrected chi connectivity index (χ1v) is 11.4. The molecular formula is C26H39N5O. The second kappa shape index (κ2) is 11.1. The fourth-order valence-electron chi connectivity index (χ4n) is 4.30. The minimum Gasteiger partial charge on any atom is -0.495 e. The number of aliphatic hydroxyl groups excluding tert-OH is 1. The molecular weight excluding hydrogens is 398 g/mol. The Balaban J connectivity index is 2.10. The van der Waals surface area contributed by atoms with Gasteiger partial charge in [0.2, 0.25) is 0 Å². The number of hydrogen-bond acceptors (Lipinski definition) is 6. The summed E-state index contributed by atoms with van der Waals surface area (Å²) in [5.41, 5.74) is 10.5. The van der Waals surface area contributed by atoms with E-state index in [1.807, 2.05) is 24.7 Å². The van der Waals surface area contributed by atoms with Gasteiger partial charge >= 0.3 is 0 Å². The van der Waals surface area contributed by atoms with Crippen LogP contribution in [-0.2, 0) is 0 Å². The summed E-state index contributed by atoms with van der Waals surface area (Å²) in [5, 5.41) is 19.5. The van der Waals surface area contributed by atoms with Gasteiger partial charge in [-0.25, -0.2) is 0 Å². The molecule has 1 heterocycles. The van der Waals surface area contributed by atoms with Gasteiger partial charge in [0.1, 0.15) is 0 Å². The molecule has 2 aliphatic rings. The molecule has 174 valence electrons. The number of nitrogens with two attached hydrogens (primary N) is 1. The van der Waals surface area contributed by atoms with E-state index in [0.717, 1.165) is 37.9 Å². The van der Waals surface area contributed by atoms with E-state index in [1.165, 1.54) is 0 Å². The predicted octanol–water partition coefficient (Wildman–Crippen LogP) is 4.87. The van der Waals surface area contributed by atoms with E-state index in [1.54, 1.807) is 11.0 Å². The predicted molar refractivity (Wildman–Crippen MR) is 132 cm³/mol. The molecule has 2 unspecified atom stereocenters. The maximum atomic E-state index is 10.2. The number of hydrogen-bond donors (Lipinski definition) is 2. The van der Waals surface area contributed by atoms with Crippen molar-refractivity contribution in [2.45, 2.75) is 53.4 Å². The zero-order chi connectivity index (χ0) is 23.8. The molecule has 2 rings (SSSR count). The molecule has 2 atom stereocenters. The van der Waals surface area contributed by atoms with Crippen LogP contribution < -0.4 is 5.73 Å². The van der Waals surface area contributed by atoms with E-state index >= 15 is 0 Å². The van der Waals surface area contributed by atoms with Gasteiger partial charge in [0, 0.05) is 36.9 Å². The highest BCUT2D eigenvalue weighted by Gasteiger charge is 2.34. The quantitative estimate of drug-likeness (QED) is 0.457. The zero-order valence-electron chi connectivity index (χ0n) is 20.1.